The molecule has 0 amide bonds. The highest BCUT2D eigenvalue weighted by molar-refractivity contribution is 5.69. The van der Waals surface area contributed by atoms with E-state index in [9.17, 15) is 4.79 Å². The zero-order valence-corrected chi connectivity index (χ0v) is 12.9. The number of hydrogen-bond acceptors (Lipinski definition) is 3. The molecule has 0 saturated heterocycles. The first kappa shape index (κ1) is 16.5. The first-order valence-corrected chi connectivity index (χ1v) is 7.63. The summed E-state index contributed by atoms with van der Waals surface area (Å²) in [7, 11) is 0. The summed E-state index contributed by atoms with van der Waals surface area (Å²) >= 11 is 0. The lowest BCUT2D eigenvalue weighted by Gasteiger charge is -2.10. The van der Waals surface area contributed by atoms with Gasteiger partial charge in [-0.25, -0.2) is 0 Å². The maximum Gasteiger partial charge on any atom is 0.305 e. The minimum atomic E-state index is -0.0786. The van der Waals surface area contributed by atoms with Gasteiger partial charge < -0.3 is 10.1 Å². The van der Waals surface area contributed by atoms with Gasteiger partial charge in [0.1, 0.15) is 0 Å². The average molecular weight is 277 g/mol. The minimum Gasteiger partial charge on any atom is -0.466 e. The summed E-state index contributed by atoms with van der Waals surface area (Å²) in [6.45, 7) is 7.67. The van der Waals surface area contributed by atoms with Gasteiger partial charge in [-0.2, -0.15) is 0 Å². The standard InChI is InChI=1S/C17H27NO2/c1-4-20-17(19)11-6-5-7-12-18-16-10-8-9-15(13-16)14(2)3/h8-10,13-14,18H,4-7,11-12H2,1-3H3. The second-order valence-electron chi connectivity index (χ2n) is 5.32. The van der Waals surface area contributed by atoms with E-state index in [0.29, 0.717) is 18.9 Å². The lowest BCUT2D eigenvalue weighted by Crippen LogP contribution is -2.05. The van der Waals surface area contributed by atoms with Gasteiger partial charge in [0.15, 0.2) is 0 Å². The predicted octanol–water partition coefficient (Wildman–Crippen LogP) is 4.35. The van der Waals surface area contributed by atoms with Gasteiger partial charge in [-0.1, -0.05) is 32.4 Å². The van der Waals surface area contributed by atoms with Crippen LogP contribution in [0.3, 0.4) is 0 Å². The zero-order valence-electron chi connectivity index (χ0n) is 12.9. The number of benzene rings is 1. The molecule has 3 nitrogen and oxygen atoms in total. The second-order valence-corrected chi connectivity index (χ2v) is 5.32. The smallest absolute Gasteiger partial charge is 0.305 e. The summed E-state index contributed by atoms with van der Waals surface area (Å²) < 4.78 is 4.90. The van der Waals surface area contributed by atoms with E-state index in [-0.39, 0.29) is 5.97 Å². The van der Waals surface area contributed by atoms with Crippen LogP contribution in [0.2, 0.25) is 0 Å². The van der Waals surface area contributed by atoms with Crippen LogP contribution in [0.1, 0.15) is 57.9 Å². The van der Waals surface area contributed by atoms with Crippen molar-refractivity contribution >= 4 is 11.7 Å². The van der Waals surface area contributed by atoms with E-state index in [4.69, 9.17) is 4.74 Å². The number of unbranched alkanes of at least 4 members (excludes halogenated alkanes) is 2. The largest absolute Gasteiger partial charge is 0.466 e. The highest BCUT2D eigenvalue weighted by Gasteiger charge is 2.01. The van der Waals surface area contributed by atoms with E-state index in [2.05, 4.69) is 43.4 Å². The van der Waals surface area contributed by atoms with Crippen molar-refractivity contribution in [3.05, 3.63) is 29.8 Å². The lowest BCUT2D eigenvalue weighted by atomic mass is 10.0. The molecule has 1 aromatic rings. The van der Waals surface area contributed by atoms with Crippen molar-refractivity contribution in [2.45, 2.75) is 52.4 Å². The van der Waals surface area contributed by atoms with Crippen molar-refractivity contribution in [3.8, 4) is 0 Å². The summed E-state index contributed by atoms with van der Waals surface area (Å²) in [5.41, 5.74) is 2.54. The summed E-state index contributed by atoms with van der Waals surface area (Å²) in [4.78, 5) is 11.2. The molecule has 0 aliphatic heterocycles. The van der Waals surface area contributed by atoms with Crippen LogP contribution in [0, 0.1) is 0 Å². The third kappa shape index (κ3) is 6.60. The molecule has 0 aliphatic rings. The summed E-state index contributed by atoms with van der Waals surface area (Å²) in [5, 5.41) is 3.44. The van der Waals surface area contributed by atoms with Gasteiger partial charge in [0.05, 0.1) is 6.61 Å². The second kappa shape index (κ2) is 9.40. The molecule has 20 heavy (non-hydrogen) atoms. The third-order valence-corrected chi connectivity index (χ3v) is 3.25. The van der Waals surface area contributed by atoms with Crippen LogP contribution < -0.4 is 5.32 Å². The van der Waals surface area contributed by atoms with Gasteiger partial charge in [-0.05, 0) is 43.4 Å². The Morgan fingerprint density at radius 1 is 1.25 bits per heavy atom. The molecular formula is C17H27NO2. The lowest BCUT2D eigenvalue weighted by molar-refractivity contribution is -0.143. The number of ether oxygens (including phenoxy) is 1. The molecule has 1 rings (SSSR count). The Morgan fingerprint density at radius 2 is 2.05 bits per heavy atom. The fraction of sp³-hybridized carbons (Fsp3) is 0.588. The molecule has 0 radical (unpaired) electrons. The van der Waals surface area contributed by atoms with Gasteiger partial charge >= 0.3 is 5.97 Å². The quantitative estimate of drug-likeness (QED) is 0.539. The molecule has 3 heteroatoms. The van der Waals surface area contributed by atoms with Crippen LogP contribution in [-0.4, -0.2) is 19.1 Å². The molecule has 0 bridgehead atoms. The number of nitrogens with one attached hydrogen (secondary N) is 1. The maximum atomic E-state index is 11.2. The Hall–Kier alpha value is -1.51. The average Bonchev–Trinajstić information content (AvgIpc) is 2.43. The molecule has 0 saturated carbocycles. The SMILES string of the molecule is CCOC(=O)CCCCCNc1cccc(C(C)C)c1. The van der Waals surface area contributed by atoms with Crippen LogP contribution in [0.4, 0.5) is 5.69 Å². The highest BCUT2D eigenvalue weighted by atomic mass is 16.5. The Kier molecular flexibility index (Phi) is 7.78. The van der Waals surface area contributed by atoms with Gasteiger partial charge in [0, 0.05) is 18.7 Å². The van der Waals surface area contributed by atoms with Crippen molar-refractivity contribution in [3.63, 3.8) is 0 Å². The number of carbonyl (C=O) groups is 1. The molecule has 112 valence electrons. The summed E-state index contributed by atoms with van der Waals surface area (Å²) in [6, 6.07) is 8.57. The number of hydrogen-bond donors (Lipinski definition) is 1. The Labute approximate surface area is 122 Å². The van der Waals surface area contributed by atoms with Crippen molar-refractivity contribution in [2.75, 3.05) is 18.5 Å². The van der Waals surface area contributed by atoms with E-state index in [1.54, 1.807) is 0 Å². The Morgan fingerprint density at radius 3 is 2.75 bits per heavy atom. The first-order chi connectivity index (χ1) is 9.63. The van der Waals surface area contributed by atoms with Crippen LogP contribution in [0.15, 0.2) is 24.3 Å². The van der Waals surface area contributed by atoms with E-state index < -0.39 is 0 Å². The van der Waals surface area contributed by atoms with Crippen LogP contribution in [-0.2, 0) is 9.53 Å². The van der Waals surface area contributed by atoms with Gasteiger partial charge in [-0.3, -0.25) is 4.79 Å². The molecular weight excluding hydrogens is 250 g/mol. The van der Waals surface area contributed by atoms with Crippen LogP contribution in [0.5, 0.6) is 0 Å². The van der Waals surface area contributed by atoms with Crippen molar-refractivity contribution < 1.29 is 9.53 Å². The Bertz CT molecular complexity index is 402. The molecule has 0 unspecified atom stereocenters. The normalized spacial score (nSPS) is 10.6. The van der Waals surface area contributed by atoms with E-state index in [1.165, 1.54) is 11.3 Å². The van der Waals surface area contributed by atoms with Gasteiger partial charge in [0.25, 0.3) is 0 Å². The van der Waals surface area contributed by atoms with Crippen molar-refractivity contribution in [2.24, 2.45) is 0 Å². The Balaban J connectivity index is 2.15. The molecule has 0 aliphatic carbocycles. The van der Waals surface area contributed by atoms with Gasteiger partial charge in [0.2, 0.25) is 0 Å². The highest BCUT2D eigenvalue weighted by Crippen LogP contribution is 2.18. The molecule has 0 heterocycles. The van der Waals surface area contributed by atoms with E-state index in [0.717, 1.165) is 25.8 Å². The molecule has 0 aromatic heterocycles. The number of carbonyl (C=O) groups excluding carboxylic acids is 1. The molecule has 1 aromatic carbocycles. The van der Waals surface area contributed by atoms with Gasteiger partial charge in [-0.15, -0.1) is 0 Å². The fourth-order valence-corrected chi connectivity index (χ4v) is 2.04. The van der Waals surface area contributed by atoms with Crippen LogP contribution >= 0.6 is 0 Å². The maximum absolute atomic E-state index is 11.2. The third-order valence-electron chi connectivity index (χ3n) is 3.25. The van der Waals surface area contributed by atoms with Crippen LogP contribution in [0.25, 0.3) is 0 Å². The molecule has 0 fully saturated rings. The summed E-state index contributed by atoms with van der Waals surface area (Å²) in [5.74, 6) is 0.478. The zero-order chi connectivity index (χ0) is 14.8. The first-order valence-electron chi connectivity index (χ1n) is 7.63. The number of rotatable bonds is 9. The van der Waals surface area contributed by atoms with E-state index in [1.807, 2.05) is 6.92 Å². The van der Waals surface area contributed by atoms with Crippen molar-refractivity contribution in [1.82, 2.24) is 0 Å². The predicted molar refractivity (Wildman–Crippen MR) is 84.1 cm³/mol. The number of anilines is 1. The monoisotopic (exact) mass is 277 g/mol. The minimum absolute atomic E-state index is 0.0786. The summed E-state index contributed by atoms with van der Waals surface area (Å²) in [6.07, 6.45) is 3.57. The van der Waals surface area contributed by atoms with E-state index >= 15 is 0 Å². The van der Waals surface area contributed by atoms with Crippen molar-refractivity contribution in [1.29, 1.82) is 0 Å². The topological polar surface area (TPSA) is 38.3 Å². The molecule has 0 spiro atoms. The fourth-order valence-electron chi connectivity index (χ4n) is 2.04. The molecule has 0 atom stereocenters. The molecule has 1 N–H and O–H groups in total. The number of esters is 1.